The normalized spacial score (nSPS) is 11.6. The lowest BCUT2D eigenvalue weighted by Crippen LogP contribution is -2.34. The number of hydrogen-bond acceptors (Lipinski definition) is 4. The maximum absolute atomic E-state index is 12.1. The molecule has 6 nitrogen and oxygen atoms in total. The molecule has 0 bridgehead atoms. The summed E-state index contributed by atoms with van der Waals surface area (Å²) in [5.41, 5.74) is 0.555. The first-order valence-electron chi connectivity index (χ1n) is 7.13. The van der Waals surface area contributed by atoms with E-state index in [0.717, 1.165) is 25.9 Å². The Kier molecular flexibility index (Phi) is 5.31. The summed E-state index contributed by atoms with van der Waals surface area (Å²) in [6, 6.07) is 5.51. The Morgan fingerprint density at radius 1 is 1.30 bits per heavy atom. The van der Waals surface area contributed by atoms with Crippen molar-refractivity contribution in [2.45, 2.75) is 26.3 Å². The number of pyridine rings is 1. The molecule has 0 aromatic carbocycles. The highest BCUT2D eigenvalue weighted by molar-refractivity contribution is 5.35. The van der Waals surface area contributed by atoms with Crippen LogP contribution in [0.25, 0.3) is 5.65 Å². The molecule has 0 atom stereocenters. The van der Waals surface area contributed by atoms with Gasteiger partial charge in [-0.1, -0.05) is 19.4 Å². The molecule has 6 heteroatoms. The average molecular weight is 278 g/mol. The summed E-state index contributed by atoms with van der Waals surface area (Å²) < 4.78 is 3.04. The molecule has 1 N–H and O–H groups in total. The quantitative estimate of drug-likeness (QED) is 0.767. The number of nitrogens with zero attached hydrogens (tertiary/aromatic N) is 4. The van der Waals surface area contributed by atoms with E-state index in [9.17, 15) is 4.79 Å². The van der Waals surface area contributed by atoms with Gasteiger partial charge in [0.25, 0.3) is 0 Å². The number of unbranched alkanes of at least 4 members (excludes halogenated alkanes) is 1. The van der Waals surface area contributed by atoms with Crippen LogP contribution in [0.5, 0.6) is 0 Å². The minimum absolute atomic E-state index is 0.111. The van der Waals surface area contributed by atoms with Gasteiger partial charge in [0, 0.05) is 19.3 Å². The highest BCUT2D eigenvalue weighted by Gasteiger charge is 2.08. The summed E-state index contributed by atoms with van der Waals surface area (Å²) in [5.74, 6) is 0. The highest BCUT2D eigenvalue weighted by Crippen LogP contribution is 1.98. The van der Waals surface area contributed by atoms with Gasteiger partial charge in [-0.25, -0.2) is 9.48 Å². The number of aromatic nitrogens is 3. The van der Waals surface area contributed by atoms with Crippen LogP contribution in [0.1, 0.15) is 19.8 Å². The molecular formula is C14H22N4O2. The second kappa shape index (κ2) is 7.21. The first-order valence-corrected chi connectivity index (χ1v) is 7.13. The Labute approximate surface area is 118 Å². The van der Waals surface area contributed by atoms with E-state index >= 15 is 0 Å². The molecule has 0 fully saturated rings. The molecule has 0 saturated carbocycles. The summed E-state index contributed by atoms with van der Waals surface area (Å²) in [6.45, 7) is 5.14. The van der Waals surface area contributed by atoms with Crippen LogP contribution in [0, 0.1) is 0 Å². The van der Waals surface area contributed by atoms with E-state index < -0.39 is 0 Å². The van der Waals surface area contributed by atoms with Crippen molar-refractivity contribution in [1.29, 1.82) is 0 Å². The predicted molar refractivity (Wildman–Crippen MR) is 77.9 cm³/mol. The van der Waals surface area contributed by atoms with Gasteiger partial charge in [0.15, 0.2) is 5.65 Å². The van der Waals surface area contributed by atoms with E-state index in [1.165, 1.54) is 4.68 Å². The zero-order chi connectivity index (χ0) is 14.4. The third kappa shape index (κ3) is 3.46. The van der Waals surface area contributed by atoms with Crippen LogP contribution in [-0.2, 0) is 6.54 Å². The zero-order valence-corrected chi connectivity index (χ0v) is 11.9. The van der Waals surface area contributed by atoms with Crippen LogP contribution in [0.4, 0.5) is 0 Å². The van der Waals surface area contributed by atoms with Gasteiger partial charge < -0.3 is 5.11 Å². The molecule has 0 saturated heterocycles. The fourth-order valence-electron chi connectivity index (χ4n) is 2.21. The Morgan fingerprint density at radius 3 is 2.85 bits per heavy atom. The van der Waals surface area contributed by atoms with Crippen molar-refractivity contribution in [2.24, 2.45) is 0 Å². The molecule has 0 radical (unpaired) electrons. The van der Waals surface area contributed by atoms with Crippen LogP contribution in [-0.4, -0.2) is 50.4 Å². The lowest BCUT2D eigenvalue weighted by atomic mass is 10.3. The molecule has 0 amide bonds. The fourth-order valence-corrected chi connectivity index (χ4v) is 2.21. The zero-order valence-electron chi connectivity index (χ0n) is 11.9. The Bertz CT molecular complexity index is 590. The second-order valence-electron chi connectivity index (χ2n) is 4.85. The van der Waals surface area contributed by atoms with E-state index in [4.69, 9.17) is 5.11 Å². The molecular weight excluding hydrogens is 256 g/mol. The molecule has 0 aliphatic heterocycles. The summed E-state index contributed by atoms with van der Waals surface area (Å²) in [7, 11) is 0. The topological polar surface area (TPSA) is 62.8 Å². The molecule has 20 heavy (non-hydrogen) atoms. The fraction of sp³-hybridized carbons (Fsp3) is 0.571. The number of aliphatic hydroxyl groups is 1. The molecule has 2 aromatic heterocycles. The van der Waals surface area contributed by atoms with E-state index in [0.29, 0.717) is 18.7 Å². The predicted octanol–water partition coefficient (Wildman–Crippen LogP) is 0.590. The summed E-state index contributed by atoms with van der Waals surface area (Å²) in [5, 5.41) is 13.4. The van der Waals surface area contributed by atoms with Crippen LogP contribution in [0.3, 0.4) is 0 Å². The minimum Gasteiger partial charge on any atom is -0.395 e. The van der Waals surface area contributed by atoms with Crippen LogP contribution in [0.2, 0.25) is 0 Å². The van der Waals surface area contributed by atoms with Gasteiger partial charge in [0.1, 0.15) is 0 Å². The summed E-state index contributed by atoms with van der Waals surface area (Å²) in [4.78, 5) is 14.3. The van der Waals surface area contributed by atoms with E-state index in [1.807, 2.05) is 18.2 Å². The standard InChI is InChI=1S/C14H22N4O2/c1-2-3-7-16(11-12-19)9-10-18-14(20)17-8-5-4-6-13(17)15-18/h4-6,8,19H,2-3,7,9-12H2,1H3. The van der Waals surface area contributed by atoms with Crippen molar-refractivity contribution in [3.63, 3.8) is 0 Å². The van der Waals surface area contributed by atoms with Crippen LogP contribution >= 0.6 is 0 Å². The van der Waals surface area contributed by atoms with Gasteiger partial charge >= 0.3 is 5.69 Å². The monoisotopic (exact) mass is 278 g/mol. The summed E-state index contributed by atoms with van der Waals surface area (Å²) in [6.07, 6.45) is 3.94. The van der Waals surface area contributed by atoms with Gasteiger partial charge in [-0.15, -0.1) is 5.10 Å². The van der Waals surface area contributed by atoms with Crippen molar-refractivity contribution in [2.75, 3.05) is 26.2 Å². The Balaban J connectivity index is 2.03. The molecule has 2 aromatic rings. The first-order chi connectivity index (χ1) is 9.76. The molecule has 2 rings (SSSR count). The van der Waals surface area contributed by atoms with Gasteiger partial charge in [0.05, 0.1) is 13.2 Å². The number of hydrogen-bond donors (Lipinski definition) is 1. The smallest absolute Gasteiger partial charge is 0.350 e. The largest absolute Gasteiger partial charge is 0.395 e. The lowest BCUT2D eigenvalue weighted by Gasteiger charge is -2.20. The van der Waals surface area contributed by atoms with E-state index in [-0.39, 0.29) is 12.3 Å². The average Bonchev–Trinajstić information content (AvgIpc) is 2.79. The molecule has 0 spiro atoms. The van der Waals surface area contributed by atoms with Crippen molar-refractivity contribution in [3.05, 3.63) is 34.9 Å². The molecule has 0 aliphatic carbocycles. The third-order valence-electron chi connectivity index (χ3n) is 3.36. The van der Waals surface area contributed by atoms with Gasteiger partial charge in [-0.05, 0) is 25.1 Å². The van der Waals surface area contributed by atoms with E-state index in [2.05, 4.69) is 16.9 Å². The molecule has 0 unspecified atom stereocenters. The SMILES string of the molecule is CCCCN(CCO)CCn1nc2ccccn2c1=O. The molecule has 2 heterocycles. The maximum atomic E-state index is 12.1. The van der Waals surface area contributed by atoms with Crippen molar-refractivity contribution in [3.8, 4) is 0 Å². The van der Waals surface area contributed by atoms with Crippen LogP contribution < -0.4 is 5.69 Å². The van der Waals surface area contributed by atoms with E-state index in [1.54, 1.807) is 10.6 Å². The van der Waals surface area contributed by atoms with Gasteiger partial charge in [0.2, 0.25) is 0 Å². The second-order valence-corrected chi connectivity index (χ2v) is 4.85. The summed E-state index contributed by atoms with van der Waals surface area (Å²) >= 11 is 0. The molecule has 110 valence electrons. The number of fused-ring (bicyclic) bond motifs is 1. The van der Waals surface area contributed by atoms with Crippen molar-refractivity contribution in [1.82, 2.24) is 19.1 Å². The van der Waals surface area contributed by atoms with Gasteiger partial charge in [-0.2, -0.15) is 0 Å². The van der Waals surface area contributed by atoms with Crippen molar-refractivity contribution < 1.29 is 5.11 Å². The van der Waals surface area contributed by atoms with Gasteiger partial charge in [-0.3, -0.25) is 9.30 Å². The van der Waals surface area contributed by atoms with Crippen LogP contribution in [0.15, 0.2) is 29.2 Å². The highest BCUT2D eigenvalue weighted by atomic mass is 16.3. The maximum Gasteiger partial charge on any atom is 0.350 e. The Hall–Kier alpha value is -1.66. The number of aliphatic hydroxyl groups excluding tert-OH is 1. The minimum atomic E-state index is -0.111. The number of rotatable bonds is 8. The Morgan fingerprint density at radius 2 is 2.15 bits per heavy atom. The lowest BCUT2D eigenvalue weighted by molar-refractivity contribution is 0.187. The molecule has 0 aliphatic rings. The third-order valence-corrected chi connectivity index (χ3v) is 3.36. The first kappa shape index (κ1) is 14.7. The van der Waals surface area contributed by atoms with Crippen molar-refractivity contribution >= 4 is 5.65 Å².